The van der Waals surface area contributed by atoms with Crippen molar-refractivity contribution in [2.24, 2.45) is 4.99 Å². The summed E-state index contributed by atoms with van der Waals surface area (Å²) in [4.78, 5) is 4.87. The van der Waals surface area contributed by atoms with Gasteiger partial charge in [-0.25, -0.2) is 4.99 Å². The van der Waals surface area contributed by atoms with Crippen LogP contribution in [0.1, 0.15) is 37.8 Å². The maximum Gasteiger partial charge on any atom is 0.191 e. The molecule has 2 N–H and O–H groups in total. The monoisotopic (exact) mass is 415 g/mol. The summed E-state index contributed by atoms with van der Waals surface area (Å²) in [5.74, 6) is 2.00. The first kappa shape index (κ1) is 21.7. The van der Waals surface area contributed by atoms with Gasteiger partial charge in [-0.05, 0) is 42.7 Å². The number of thioether (sulfide) groups is 1. The zero-order valence-electron chi connectivity index (χ0n) is 17.6. The Morgan fingerprint density at radius 3 is 2.66 bits per heavy atom. The molecule has 29 heavy (non-hydrogen) atoms. The molecule has 7 heteroatoms. The van der Waals surface area contributed by atoms with Gasteiger partial charge in [-0.1, -0.05) is 31.2 Å². The molecule has 2 heterocycles. The molecule has 0 amide bonds. The predicted octanol–water partition coefficient (Wildman–Crippen LogP) is 3.29. The van der Waals surface area contributed by atoms with Crippen LogP contribution < -0.4 is 10.6 Å². The minimum Gasteiger partial charge on any atom is -0.381 e. The predicted molar refractivity (Wildman–Crippen MR) is 122 cm³/mol. The van der Waals surface area contributed by atoms with E-state index in [0.717, 1.165) is 57.4 Å². The number of rotatable bonds is 9. The zero-order chi connectivity index (χ0) is 20.4. The van der Waals surface area contributed by atoms with Crippen molar-refractivity contribution in [3.63, 3.8) is 0 Å². The zero-order valence-corrected chi connectivity index (χ0v) is 18.4. The molecule has 1 aromatic carbocycles. The quantitative estimate of drug-likeness (QED) is 0.486. The average molecular weight is 416 g/mol. The number of hydrogen-bond donors (Lipinski definition) is 2. The lowest BCUT2D eigenvalue weighted by molar-refractivity contribution is 0.0782. The Kier molecular flexibility index (Phi) is 8.43. The second-order valence-electron chi connectivity index (χ2n) is 7.25. The third-order valence-electron chi connectivity index (χ3n) is 5.19. The van der Waals surface area contributed by atoms with Crippen molar-refractivity contribution in [1.82, 2.24) is 20.4 Å². The molecule has 1 saturated heterocycles. The average Bonchev–Trinajstić information content (AvgIpc) is 3.25. The third-order valence-corrected chi connectivity index (χ3v) is 6.65. The lowest BCUT2D eigenvalue weighted by Gasteiger charge is -2.37. The molecule has 1 fully saturated rings. The van der Waals surface area contributed by atoms with Gasteiger partial charge in [0.2, 0.25) is 0 Å². The Bertz CT molecular complexity index is 751. The Morgan fingerprint density at radius 1 is 1.17 bits per heavy atom. The van der Waals surface area contributed by atoms with E-state index in [1.807, 2.05) is 34.9 Å². The first-order valence-corrected chi connectivity index (χ1v) is 11.5. The Balaban J connectivity index is 1.66. The highest BCUT2D eigenvalue weighted by Gasteiger charge is 2.32. The summed E-state index contributed by atoms with van der Waals surface area (Å²) < 4.78 is 7.78. The van der Waals surface area contributed by atoms with Gasteiger partial charge in [0.25, 0.3) is 0 Å². The molecule has 1 aliphatic heterocycles. The summed E-state index contributed by atoms with van der Waals surface area (Å²) in [5.41, 5.74) is 2.47. The van der Waals surface area contributed by atoms with Crippen molar-refractivity contribution in [3.8, 4) is 0 Å². The van der Waals surface area contributed by atoms with Crippen molar-refractivity contribution < 1.29 is 4.74 Å². The highest BCUT2D eigenvalue weighted by molar-refractivity contribution is 8.00. The molecule has 0 spiro atoms. The summed E-state index contributed by atoms with van der Waals surface area (Å²) in [6.45, 7) is 9.20. The van der Waals surface area contributed by atoms with Gasteiger partial charge in [0.1, 0.15) is 0 Å². The van der Waals surface area contributed by atoms with Crippen LogP contribution in [0.3, 0.4) is 0 Å². The Labute approximate surface area is 178 Å². The Morgan fingerprint density at radius 2 is 1.97 bits per heavy atom. The number of guanidine groups is 1. The molecule has 6 nitrogen and oxygen atoms in total. The maximum absolute atomic E-state index is 5.59. The molecule has 1 aromatic heterocycles. The molecule has 0 unspecified atom stereocenters. The van der Waals surface area contributed by atoms with Crippen LogP contribution in [0.5, 0.6) is 0 Å². The number of nitrogens with one attached hydrogen (secondary N) is 2. The molecule has 158 valence electrons. The fraction of sp³-hybridized carbons (Fsp3) is 0.545. The van der Waals surface area contributed by atoms with Crippen LogP contribution in [0.25, 0.3) is 0 Å². The van der Waals surface area contributed by atoms with Gasteiger partial charge in [0.15, 0.2) is 5.96 Å². The van der Waals surface area contributed by atoms with E-state index in [4.69, 9.17) is 9.73 Å². The highest BCUT2D eigenvalue weighted by Crippen LogP contribution is 2.34. The van der Waals surface area contributed by atoms with Crippen LogP contribution in [0.15, 0.2) is 47.7 Å². The van der Waals surface area contributed by atoms with Crippen molar-refractivity contribution in [2.45, 2.75) is 44.5 Å². The summed E-state index contributed by atoms with van der Waals surface area (Å²) in [6, 6.07) is 10.4. The molecule has 0 saturated carbocycles. The van der Waals surface area contributed by atoms with E-state index >= 15 is 0 Å². The van der Waals surface area contributed by atoms with E-state index in [9.17, 15) is 0 Å². The number of aliphatic imine (C=N–C) groups is 1. The maximum atomic E-state index is 5.59. The van der Waals surface area contributed by atoms with Crippen LogP contribution in [0, 0.1) is 0 Å². The van der Waals surface area contributed by atoms with Crippen molar-refractivity contribution in [2.75, 3.05) is 32.1 Å². The Hall–Kier alpha value is -1.99. The van der Waals surface area contributed by atoms with Gasteiger partial charge in [-0.2, -0.15) is 16.9 Å². The molecular formula is C22H33N5OS. The fourth-order valence-electron chi connectivity index (χ4n) is 3.61. The van der Waals surface area contributed by atoms with Crippen LogP contribution in [0.2, 0.25) is 0 Å². The van der Waals surface area contributed by atoms with Crippen molar-refractivity contribution in [3.05, 3.63) is 53.9 Å². The second-order valence-corrected chi connectivity index (χ2v) is 8.98. The van der Waals surface area contributed by atoms with Gasteiger partial charge in [-0.3, -0.25) is 4.68 Å². The van der Waals surface area contributed by atoms with E-state index in [1.165, 1.54) is 11.1 Å². The molecule has 3 rings (SSSR count). The molecule has 0 aliphatic carbocycles. The summed E-state index contributed by atoms with van der Waals surface area (Å²) in [7, 11) is 0. The summed E-state index contributed by atoms with van der Waals surface area (Å²) in [5, 5.41) is 11.3. The molecular weight excluding hydrogens is 382 g/mol. The van der Waals surface area contributed by atoms with E-state index in [-0.39, 0.29) is 4.75 Å². The first-order valence-electron chi connectivity index (χ1n) is 10.5. The molecule has 0 atom stereocenters. The van der Waals surface area contributed by atoms with Crippen LogP contribution in [-0.2, 0) is 17.8 Å². The van der Waals surface area contributed by atoms with Crippen molar-refractivity contribution >= 4 is 17.7 Å². The van der Waals surface area contributed by atoms with E-state index < -0.39 is 0 Å². The molecule has 0 bridgehead atoms. The smallest absolute Gasteiger partial charge is 0.191 e. The third kappa shape index (κ3) is 6.51. The number of nitrogens with zero attached hydrogens (tertiary/aromatic N) is 3. The van der Waals surface area contributed by atoms with Crippen LogP contribution in [-0.4, -0.2) is 52.5 Å². The van der Waals surface area contributed by atoms with E-state index in [1.54, 1.807) is 0 Å². The number of ether oxygens (including phenoxy) is 1. The fourth-order valence-corrected chi connectivity index (χ4v) is 4.85. The lowest BCUT2D eigenvalue weighted by Crippen LogP contribution is -2.48. The minimum absolute atomic E-state index is 0.237. The summed E-state index contributed by atoms with van der Waals surface area (Å²) >= 11 is 2.04. The van der Waals surface area contributed by atoms with E-state index in [0.29, 0.717) is 6.54 Å². The standard InChI is InChI=1S/C22H33N5OS/c1-3-23-21(25-18-22(29-4-2)10-14-28-15-11-22)24-16-19-8-5-6-9-20(19)17-27-13-7-12-26-27/h5-9,12-13H,3-4,10-11,14-18H2,1-2H3,(H2,23,24,25). The summed E-state index contributed by atoms with van der Waals surface area (Å²) in [6.07, 6.45) is 5.98. The minimum atomic E-state index is 0.237. The van der Waals surface area contributed by atoms with Gasteiger partial charge >= 0.3 is 0 Å². The van der Waals surface area contributed by atoms with Gasteiger partial charge in [0.05, 0.1) is 13.1 Å². The lowest BCUT2D eigenvalue weighted by atomic mass is 9.99. The van der Waals surface area contributed by atoms with Crippen LogP contribution in [0.4, 0.5) is 0 Å². The van der Waals surface area contributed by atoms with Crippen molar-refractivity contribution in [1.29, 1.82) is 0 Å². The molecule has 2 aromatic rings. The SMILES string of the molecule is CCNC(=NCc1ccccc1Cn1cccn1)NCC1(SCC)CCOCC1. The van der Waals surface area contributed by atoms with Gasteiger partial charge in [0, 0.05) is 43.4 Å². The van der Waals surface area contributed by atoms with Crippen LogP contribution >= 0.6 is 11.8 Å². The topological polar surface area (TPSA) is 63.5 Å². The number of hydrogen-bond acceptors (Lipinski definition) is 4. The first-order chi connectivity index (χ1) is 14.2. The second kappa shape index (κ2) is 11.3. The normalized spacial score (nSPS) is 16.6. The highest BCUT2D eigenvalue weighted by atomic mass is 32.2. The van der Waals surface area contributed by atoms with Gasteiger partial charge < -0.3 is 15.4 Å². The van der Waals surface area contributed by atoms with Gasteiger partial charge in [-0.15, -0.1) is 0 Å². The largest absolute Gasteiger partial charge is 0.381 e. The number of benzene rings is 1. The number of aromatic nitrogens is 2. The molecule has 1 aliphatic rings. The molecule has 0 radical (unpaired) electrons. The van der Waals surface area contributed by atoms with E-state index in [2.05, 4.69) is 53.8 Å².